The van der Waals surface area contributed by atoms with Gasteiger partial charge in [-0.3, -0.25) is 19.3 Å². The maximum Gasteiger partial charge on any atom is 0.254 e. The molecule has 6 heteroatoms. The van der Waals surface area contributed by atoms with Crippen LogP contribution in [-0.2, 0) is 7.05 Å². The van der Waals surface area contributed by atoms with Gasteiger partial charge in [0.2, 0.25) is 0 Å². The van der Waals surface area contributed by atoms with Gasteiger partial charge in [0.1, 0.15) is 0 Å². The molecule has 0 unspecified atom stereocenters. The highest BCUT2D eigenvalue weighted by molar-refractivity contribution is 6.06. The zero-order chi connectivity index (χ0) is 18.1. The molecule has 1 aromatic carbocycles. The molecule has 0 spiro atoms. The molecule has 0 saturated carbocycles. The number of likely N-dealkylation sites (tertiary alicyclic amines) is 1. The van der Waals surface area contributed by atoms with Gasteiger partial charge >= 0.3 is 0 Å². The van der Waals surface area contributed by atoms with Gasteiger partial charge < -0.3 is 4.90 Å². The molecular weight excluding hydrogens is 328 g/mol. The number of rotatable bonds is 4. The van der Waals surface area contributed by atoms with Crippen molar-refractivity contribution in [2.75, 3.05) is 6.54 Å². The van der Waals surface area contributed by atoms with Crippen LogP contribution in [0.4, 0.5) is 0 Å². The van der Waals surface area contributed by atoms with Crippen molar-refractivity contribution in [1.29, 1.82) is 0 Å². The second kappa shape index (κ2) is 6.71. The molecule has 1 aliphatic rings. The Hall–Kier alpha value is -3.02. The summed E-state index contributed by atoms with van der Waals surface area (Å²) in [6, 6.07) is 9.29. The number of nitrogens with zero attached hydrogens (tertiary/aromatic N) is 4. The van der Waals surface area contributed by atoms with E-state index in [1.807, 2.05) is 35.2 Å². The summed E-state index contributed by atoms with van der Waals surface area (Å²) in [6.45, 7) is 0.681. The van der Waals surface area contributed by atoms with Crippen LogP contribution in [0.25, 0.3) is 10.9 Å². The Morgan fingerprint density at radius 2 is 2.12 bits per heavy atom. The van der Waals surface area contributed by atoms with E-state index in [0.717, 1.165) is 23.7 Å². The smallest absolute Gasteiger partial charge is 0.254 e. The average Bonchev–Trinajstić information content (AvgIpc) is 3.29. The predicted octanol–water partition coefficient (Wildman–Crippen LogP) is 2.85. The Labute approximate surface area is 151 Å². The standard InChI is InChI=1S/C20H20N4O2/c1-23-13-14(12-22-23)19(25)11-15-5-4-10-24(15)20(26)17-6-2-8-18-16(17)7-3-9-21-18/h2-3,6-9,12-13,15H,4-5,10-11H2,1H3/t15-/m0/s1. The van der Waals surface area contributed by atoms with Crippen molar-refractivity contribution >= 4 is 22.6 Å². The first kappa shape index (κ1) is 16.4. The number of benzene rings is 1. The minimum atomic E-state index is -0.0675. The van der Waals surface area contributed by atoms with Crippen molar-refractivity contribution in [3.05, 3.63) is 60.0 Å². The van der Waals surface area contributed by atoms with E-state index in [4.69, 9.17) is 0 Å². The van der Waals surface area contributed by atoms with E-state index in [1.54, 1.807) is 30.3 Å². The molecule has 4 rings (SSSR count). The first-order valence-corrected chi connectivity index (χ1v) is 8.80. The van der Waals surface area contributed by atoms with E-state index in [-0.39, 0.29) is 17.7 Å². The minimum Gasteiger partial charge on any atom is -0.335 e. The lowest BCUT2D eigenvalue weighted by Gasteiger charge is -2.24. The van der Waals surface area contributed by atoms with Crippen LogP contribution in [0.15, 0.2) is 48.9 Å². The van der Waals surface area contributed by atoms with Crippen molar-refractivity contribution in [1.82, 2.24) is 19.7 Å². The number of carbonyl (C=O) groups excluding carboxylic acids is 2. The van der Waals surface area contributed by atoms with Crippen molar-refractivity contribution in [2.24, 2.45) is 7.05 Å². The molecule has 132 valence electrons. The highest BCUT2D eigenvalue weighted by Gasteiger charge is 2.32. The Kier molecular flexibility index (Phi) is 4.24. The van der Waals surface area contributed by atoms with E-state index in [2.05, 4.69) is 10.1 Å². The first-order valence-electron chi connectivity index (χ1n) is 8.80. The molecule has 1 atom stereocenters. The third kappa shape index (κ3) is 2.98. The largest absolute Gasteiger partial charge is 0.335 e. The number of fused-ring (bicyclic) bond motifs is 1. The van der Waals surface area contributed by atoms with Gasteiger partial charge in [-0.25, -0.2) is 0 Å². The van der Waals surface area contributed by atoms with Gasteiger partial charge in [0.15, 0.2) is 5.78 Å². The molecule has 1 fully saturated rings. The lowest BCUT2D eigenvalue weighted by molar-refractivity contribution is 0.0719. The van der Waals surface area contributed by atoms with Crippen LogP contribution < -0.4 is 0 Å². The molecule has 2 aromatic heterocycles. The molecule has 1 aliphatic heterocycles. The maximum absolute atomic E-state index is 13.2. The van der Waals surface area contributed by atoms with Gasteiger partial charge in [0.05, 0.1) is 17.3 Å². The third-order valence-corrected chi connectivity index (χ3v) is 4.96. The van der Waals surface area contributed by atoms with Crippen molar-refractivity contribution in [2.45, 2.75) is 25.3 Å². The predicted molar refractivity (Wildman–Crippen MR) is 98.0 cm³/mol. The molecule has 1 saturated heterocycles. The molecule has 0 N–H and O–H groups in total. The van der Waals surface area contributed by atoms with Crippen LogP contribution in [0.5, 0.6) is 0 Å². The summed E-state index contributed by atoms with van der Waals surface area (Å²) in [7, 11) is 1.79. The second-order valence-corrected chi connectivity index (χ2v) is 6.70. The fourth-order valence-electron chi connectivity index (χ4n) is 3.66. The van der Waals surface area contributed by atoms with E-state index >= 15 is 0 Å². The first-order chi connectivity index (χ1) is 12.6. The minimum absolute atomic E-state index is 0.0231. The molecule has 3 aromatic rings. The number of pyridine rings is 1. The topological polar surface area (TPSA) is 68.1 Å². The zero-order valence-electron chi connectivity index (χ0n) is 14.6. The van der Waals surface area contributed by atoms with Gasteiger partial charge in [-0.15, -0.1) is 0 Å². The van der Waals surface area contributed by atoms with Crippen LogP contribution in [-0.4, -0.2) is 43.9 Å². The average molecular weight is 348 g/mol. The van der Waals surface area contributed by atoms with Crippen molar-refractivity contribution < 1.29 is 9.59 Å². The summed E-state index contributed by atoms with van der Waals surface area (Å²) in [5, 5.41) is 4.91. The summed E-state index contributed by atoms with van der Waals surface area (Å²) in [5.41, 5.74) is 2.05. The van der Waals surface area contributed by atoms with E-state index in [1.165, 1.54) is 0 Å². The lowest BCUT2D eigenvalue weighted by atomic mass is 10.0. The zero-order valence-corrected chi connectivity index (χ0v) is 14.6. The monoisotopic (exact) mass is 348 g/mol. The van der Waals surface area contributed by atoms with E-state index in [9.17, 15) is 9.59 Å². The SMILES string of the molecule is Cn1cc(C(=O)C[C@@H]2CCCN2C(=O)c2cccc3ncccc23)cn1. The van der Waals surface area contributed by atoms with Crippen LogP contribution in [0.1, 0.15) is 40.0 Å². The van der Waals surface area contributed by atoms with Gasteiger partial charge in [-0.05, 0) is 31.0 Å². The van der Waals surface area contributed by atoms with E-state index < -0.39 is 0 Å². The number of aromatic nitrogens is 3. The molecular formula is C20H20N4O2. The highest BCUT2D eigenvalue weighted by atomic mass is 16.2. The maximum atomic E-state index is 13.2. The normalized spacial score (nSPS) is 17.0. The summed E-state index contributed by atoms with van der Waals surface area (Å²) in [4.78, 5) is 31.9. The van der Waals surface area contributed by atoms with Gasteiger partial charge in [-0.1, -0.05) is 12.1 Å². The summed E-state index contributed by atoms with van der Waals surface area (Å²) in [6.07, 6.45) is 7.13. The second-order valence-electron chi connectivity index (χ2n) is 6.70. The molecule has 3 heterocycles. The molecule has 0 aliphatic carbocycles. The number of ketones is 1. The number of aryl methyl sites for hydroxylation is 1. The number of hydrogen-bond acceptors (Lipinski definition) is 4. The number of hydrogen-bond donors (Lipinski definition) is 0. The summed E-state index contributed by atoms with van der Waals surface area (Å²) < 4.78 is 1.62. The van der Waals surface area contributed by atoms with Crippen LogP contribution in [0, 0.1) is 0 Å². The third-order valence-electron chi connectivity index (χ3n) is 4.96. The number of Topliss-reactive ketones (excluding diaryl/α,β-unsaturated/α-hetero) is 1. The Morgan fingerprint density at radius 1 is 1.23 bits per heavy atom. The van der Waals surface area contributed by atoms with Gasteiger partial charge in [0, 0.05) is 49.4 Å². The van der Waals surface area contributed by atoms with Gasteiger partial charge in [-0.2, -0.15) is 5.10 Å². The van der Waals surface area contributed by atoms with Crippen LogP contribution >= 0.6 is 0 Å². The molecule has 1 amide bonds. The molecule has 0 radical (unpaired) electrons. The number of carbonyl (C=O) groups is 2. The molecule has 26 heavy (non-hydrogen) atoms. The van der Waals surface area contributed by atoms with Gasteiger partial charge in [0.25, 0.3) is 5.91 Å². The Bertz CT molecular complexity index is 973. The van der Waals surface area contributed by atoms with E-state index in [0.29, 0.717) is 24.1 Å². The van der Waals surface area contributed by atoms with Crippen LogP contribution in [0.2, 0.25) is 0 Å². The van der Waals surface area contributed by atoms with Crippen molar-refractivity contribution in [3.63, 3.8) is 0 Å². The number of amides is 1. The summed E-state index contributed by atoms with van der Waals surface area (Å²) >= 11 is 0. The summed E-state index contributed by atoms with van der Waals surface area (Å²) in [5.74, 6) is 0.00692. The lowest BCUT2D eigenvalue weighted by Crippen LogP contribution is -2.37. The Balaban J connectivity index is 1.57. The Morgan fingerprint density at radius 3 is 2.92 bits per heavy atom. The fourth-order valence-corrected chi connectivity index (χ4v) is 3.66. The molecule has 0 bridgehead atoms. The highest BCUT2D eigenvalue weighted by Crippen LogP contribution is 2.26. The van der Waals surface area contributed by atoms with Crippen LogP contribution in [0.3, 0.4) is 0 Å². The van der Waals surface area contributed by atoms with Crippen molar-refractivity contribution in [3.8, 4) is 0 Å². The molecule has 6 nitrogen and oxygen atoms in total. The quantitative estimate of drug-likeness (QED) is 0.680. The fraction of sp³-hybridized carbons (Fsp3) is 0.300.